The Bertz CT molecular complexity index is 1770. The molecule has 2 aromatic heterocycles. The van der Waals surface area contributed by atoms with E-state index in [0.717, 1.165) is 27.8 Å². The summed E-state index contributed by atoms with van der Waals surface area (Å²) in [5, 5.41) is 8.37. The molecule has 198 valence electrons. The van der Waals surface area contributed by atoms with Gasteiger partial charge in [-0.15, -0.1) is 0 Å². The number of imidazole rings is 1. The Kier molecular flexibility index (Phi) is 5.64. The van der Waals surface area contributed by atoms with Crippen molar-refractivity contribution in [3.05, 3.63) is 87.0 Å². The maximum atomic E-state index is 13.3. The van der Waals surface area contributed by atoms with E-state index in [9.17, 15) is 19.2 Å². The minimum atomic E-state index is -0.690. The predicted molar refractivity (Wildman–Crippen MR) is 147 cm³/mol. The number of nitrogens with one attached hydrogen (secondary N) is 3. The second-order valence-corrected chi connectivity index (χ2v) is 10.4. The van der Waals surface area contributed by atoms with Crippen molar-refractivity contribution in [3.8, 4) is 0 Å². The summed E-state index contributed by atoms with van der Waals surface area (Å²) in [6.45, 7) is 3.47. The third-order valence-electron chi connectivity index (χ3n) is 7.79. The van der Waals surface area contributed by atoms with Crippen molar-refractivity contribution in [2.45, 2.75) is 45.2 Å². The van der Waals surface area contributed by atoms with Crippen molar-refractivity contribution >= 4 is 40.3 Å². The first kappa shape index (κ1) is 24.6. The fourth-order valence-electron chi connectivity index (χ4n) is 6.05. The molecule has 0 radical (unpaired) electrons. The van der Waals surface area contributed by atoms with Gasteiger partial charge < -0.3 is 16.0 Å². The second-order valence-electron chi connectivity index (χ2n) is 10.4. The molecule has 3 amide bonds. The van der Waals surface area contributed by atoms with Crippen LogP contribution in [0.15, 0.2) is 53.5 Å². The van der Waals surface area contributed by atoms with Gasteiger partial charge in [0, 0.05) is 24.5 Å². The first-order valence-electron chi connectivity index (χ1n) is 12.8. The second kappa shape index (κ2) is 8.93. The minimum absolute atomic E-state index is 0.0592. The summed E-state index contributed by atoms with van der Waals surface area (Å²) in [6, 6.07) is 13.2. The number of amides is 3. The molecule has 39 heavy (non-hydrogen) atoms. The molecule has 0 bridgehead atoms. The zero-order valence-electron chi connectivity index (χ0n) is 21.9. The number of carbonyl (C=O) groups excluding carboxylic acids is 3. The fourth-order valence-corrected chi connectivity index (χ4v) is 6.05. The molecule has 1 unspecified atom stereocenters. The average molecular weight is 525 g/mol. The molecule has 1 atom stereocenters. The van der Waals surface area contributed by atoms with Gasteiger partial charge in [-0.25, -0.2) is 9.78 Å². The molecule has 0 saturated heterocycles. The van der Waals surface area contributed by atoms with Crippen LogP contribution in [0.3, 0.4) is 0 Å². The number of aryl methyl sites for hydroxylation is 2. The standard InChI is InChI=1S/C29H28N6O4/c1-16-9-17(2)25-22(10-16)34(28(39)35(25)14-23(36)30-3)15-24(37)32-20-7-6-18-12-29(13-19(18)11-20)21-5-4-8-31-26(21)33-27(29)38/h4-11H,12-15H2,1-3H3,(H,30,36)(H,32,37)(H,31,33,38). The van der Waals surface area contributed by atoms with Crippen LogP contribution in [0.25, 0.3) is 11.0 Å². The van der Waals surface area contributed by atoms with E-state index in [1.165, 1.54) is 16.2 Å². The van der Waals surface area contributed by atoms with Gasteiger partial charge in [0.05, 0.1) is 16.4 Å². The minimum Gasteiger partial charge on any atom is -0.358 e. The van der Waals surface area contributed by atoms with Crippen LogP contribution in [-0.4, -0.2) is 38.9 Å². The van der Waals surface area contributed by atoms with E-state index in [0.29, 0.717) is 35.4 Å². The van der Waals surface area contributed by atoms with E-state index >= 15 is 0 Å². The smallest absolute Gasteiger partial charge is 0.330 e. The van der Waals surface area contributed by atoms with E-state index in [2.05, 4.69) is 20.9 Å². The summed E-state index contributed by atoms with van der Waals surface area (Å²) < 4.78 is 2.81. The van der Waals surface area contributed by atoms with Crippen LogP contribution in [-0.2, 0) is 45.7 Å². The predicted octanol–water partition coefficient (Wildman–Crippen LogP) is 2.19. The summed E-state index contributed by atoms with van der Waals surface area (Å²) >= 11 is 0. The van der Waals surface area contributed by atoms with Crippen molar-refractivity contribution in [1.82, 2.24) is 19.4 Å². The number of rotatable bonds is 5. The molecule has 2 aliphatic rings. The maximum absolute atomic E-state index is 13.3. The van der Waals surface area contributed by atoms with Crippen LogP contribution in [0.2, 0.25) is 0 Å². The van der Waals surface area contributed by atoms with Gasteiger partial charge >= 0.3 is 5.69 Å². The van der Waals surface area contributed by atoms with Crippen molar-refractivity contribution < 1.29 is 14.4 Å². The zero-order valence-corrected chi connectivity index (χ0v) is 21.9. The van der Waals surface area contributed by atoms with Gasteiger partial charge in [-0.3, -0.25) is 23.5 Å². The lowest BCUT2D eigenvalue weighted by Crippen LogP contribution is -2.35. The maximum Gasteiger partial charge on any atom is 0.330 e. The third kappa shape index (κ3) is 3.91. The number of pyridine rings is 1. The topological polar surface area (TPSA) is 127 Å². The fraction of sp³-hybridized carbons (Fsp3) is 0.276. The molecule has 10 heteroatoms. The van der Waals surface area contributed by atoms with Gasteiger partial charge in [-0.2, -0.15) is 0 Å². The Balaban J connectivity index is 1.27. The van der Waals surface area contributed by atoms with Crippen LogP contribution in [0, 0.1) is 13.8 Å². The van der Waals surface area contributed by atoms with Gasteiger partial charge in [0.25, 0.3) is 0 Å². The Morgan fingerprint density at radius 1 is 1.00 bits per heavy atom. The van der Waals surface area contributed by atoms with Gasteiger partial charge in [0.2, 0.25) is 17.7 Å². The number of aromatic nitrogens is 3. The van der Waals surface area contributed by atoms with Crippen molar-refractivity contribution in [3.63, 3.8) is 0 Å². The Morgan fingerprint density at radius 2 is 1.77 bits per heavy atom. The molecular weight excluding hydrogens is 496 g/mol. The van der Waals surface area contributed by atoms with Gasteiger partial charge in [-0.05, 0) is 73.2 Å². The molecule has 1 aliphatic carbocycles. The van der Waals surface area contributed by atoms with Gasteiger partial charge in [0.15, 0.2) is 0 Å². The molecule has 10 nitrogen and oxygen atoms in total. The van der Waals surface area contributed by atoms with E-state index in [1.54, 1.807) is 6.20 Å². The summed E-state index contributed by atoms with van der Waals surface area (Å²) in [5.74, 6) is -0.117. The summed E-state index contributed by atoms with van der Waals surface area (Å²) in [6.07, 6.45) is 2.75. The van der Waals surface area contributed by atoms with Gasteiger partial charge in [0.1, 0.15) is 18.9 Å². The van der Waals surface area contributed by atoms with E-state index < -0.39 is 11.1 Å². The molecule has 2 aromatic carbocycles. The molecular formula is C29H28N6O4. The highest BCUT2D eigenvalue weighted by Gasteiger charge is 2.51. The molecule has 0 fully saturated rings. The lowest BCUT2D eigenvalue weighted by molar-refractivity contribution is -0.121. The number of hydrogen-bond acceptors (Lipinski definition) is 5. The highest BCUT2D eigenvalue weighted by Crippen LogP contribution is 2.46. The first-order valence-corrected chi connectivity index (χ1v) is 12.8. The molecule has 0 saturated carbocycles. The number of anilines is 2. The largest absolute Gasteiger partial charge is 0.358 e. The van der Waals surface area contributed by atoms with Crippen LogP contribution in [0.5, 0.6) is 0 Å². The number of carbonyl (C=O) groups is 3. The summed E-state index contributed by atoms with van der Waals surface area (Å²) in [5.41, 5.74) is 5.46. The molecule has 3 heterocycles. The number of likely N-dealkylation sites (N-methyl/N-ethyl adjacent to an activating group) is 1. The molecule has 4 aromatic rings. The Morgan fingerprint density at radius 3 is 2.56 bits per heavy atom. The highest BCUT2D eigenvalue weighted by molar-refractivity contribution is 6.06. The Labute approximate surface area is 224 Å². The van der Waals surface area contributed by atoms with E-state index in [4.69, 9.17) is 0 Å². The number of fused-ring (bicyclic) bond motifs is 4. The lowest BCUT2D eigenvalue weighted by atomic mass is 9.79. The molecule has 3 N–H and O–H groups in total. The van der Waals surface area contributed by atoms with Crippen molar-refractivity contribution in [2.75, 3.05) is 17.7 Å². The monoisotopic (exact) mass is 524 g/mol. The van der Waals surface area contributed by atoms with Crippen molar-refractivity contribution in [1.29, 1.82) is 0 Å². The molecule has 6 rings (SSSR count). The summed E-state index contributed by atoms with van der Waals surface area (Å²) in [7, 11) is 1.52. The Hall–Kier alpha value is -4.73. The van der Waals surface area contributed by atoms with Crippen LogP contribution < -0.4 is 21.6 Å². The quantitative estimate of drug-likeness (QED) is 0.369. The normalized spacial score (nSPS) is 17.3. The van der Waals surface area contributed by atoms with Crippen LogP contribution >= 0.6 is 0 Å². The number of hydrogen-bond donors (Lipinski definition) is 3. The average Bonchev–Trinajstić information content (AvgIpc) is 3.50. The molecule has 1 aliphatic heterocycles. The van der Waals surface area contributed by atoms with Crippen LogP contribution in [0.4, 0.5) is 11.5 Å². The first-order chi connectivity index (χ1) is 18.7. The van der Waals surface area contributed by atoms with Gasteiger partial charge in [-0.1, -0.05) is 18.2 Å². The summed E-state index contributed by atoms with van der Waals surface area (Å²) in [4.78, 5) is 55.9. The lowest BCUT2D eigenvalue weighted by Gasteiger charge is -2.20. The third-order valence-corrected chi connectivity index (χ3v) is 7.79. The van der Waals surface area contributed by atoms with E-state index in [1.807, 2.05) is 56.3 Å². The number of benzene rings is 2. The van der Waals surface area contributed by atoms with Crippen molar-refractivity contribution in [2.24, 2.45) is 0 Å². The SMILES string of the molecule is CNC(=O)Cn1c(=O)n(CC(=O)Nc2ccc3c(c2)CC2(C3)C(=O)Nc3ncccc32)c2cc(C)cc(C)c21. The highest BCUT2D eigenvalue weighted by atomic mass is 16.2. The molecule has 1 spiro atoms. The number of nitrogens with zero attached hydrogens (tertiary/aromatic N) is 3. The zero-order chi connectivity index (χ0) is 27.5. The van der Waals surface area contributed by atoms with Crippen LogP contribution in [0.1, 0.15) is 27.8 Å². The van der Waals surface area contributed by atoms with E-state index in [-0.39, 0.29) is 30.8 Å².